The molecule has 5 nitrogen and oxygen atoms in total. The second kappa shape index (κ2) is 6.70. The molecule has 2 N–H and O–H groups in total. The average molecular weight is 258 g/mol. The molecule has 0 aliphatic rings. The van der Waals surface area contributed by atoms with E-state index in [1.54, 1.807) is 7.11 Å². The molecule has 2 rings (SSSR count). The van der Waals surface area contributed by atoms with Crippen molar-refractivity contribution in [1.29, 1.82) is 0 Å². The second-order valence-electron chi connectivity index (χ2n) is 4.06. The fourth-order valence-electron chi connectivity index (χ4n) is 1.66. The maximum absolute atomic E-state index is 5.13. The number of likely N-dealkylation sites (N-methyl/N-ethyl adjacent to an activating group) is 1. The van der Waals surface area contributed by atoms with Gasteiger partial charge in [0.15, 0.2) is 0 Å². The fourth-order valence-corrected chi connectivity index (χ4v) is 1.66. The highest BCUT2D eigenvalue weighted by Gasteiger charge is 2.01. The monoisotopic (exact) mass is 258 g/mol. The van der Waals surface area contributed by atoms with Crippen LogP contribution in [-0.2, 0) is 0 Å². The first-order chi connectivity index (χ1) is 9.33. The van der Waals surface area contributed by atoms with Gasteiger partial charge < -0.3 is 15.4 Å². The molecule has 0 amide bonds. The Hall–Kier alpha value is -2.14. The molecule has 0 atom stereocenters. The average Bonchev–Trinajstić information content (AvgIpc) is 2.48. The first kappa shape index (κ1) is 13.3. The zero-order valence-corrected chi connectivity index (χ0v) is 11.2. The SMILES string of the molecule is CNCCNc1ccc(-c2ccc(OC)cc2)nn1. The van der Waals surface area contributed by atoms with Gasteiger partial charge >= 0.3 is 0 Å². The molecule has 0 radical (unpaired) electrons. The Morgan fingerprint density at radius 2 is 1.79 bits per heavy atom. The first-order valence-electron chi connectivity index (χ1n) is 6.20. The van der Waals surface area contributed by atoms with Crippen LogP contribution in [0.15, 0.2) is 36.4 Å². The van der Waals surface area contributed by atoms with Crippen LogP contribution < -0.4 is 15.4 Å². The molecule has 1 heterocycles. The molecule has 0 saturated heterocycles. The zero-order valence-electron chi connectivity index (χ0n) is 11.2. The molecule has 1 aromatic carbocycles. The minimum absolute atomic E-state index is 0.785. The molecule has 0 bridgehead atoms. The number of nitrogens with zero attached hydrogens (tertiary/aromatic N) is 2. The van der Waals surface area contributed by atoms with Gasteiger partial charge in [-0.15, -0.1) is 10.2 Å². The zero-order chi connectivity index (χ0) is 13.5. The van der Waals surface area contributed by atoms with E-state index in [4.69, 9.17) is 4.74 Å². The number of aromatic nitrogens is 2. The topological polar surface area (TPSA) is 59.1 Å². The van der Waals surface area contributed by atoms with Crippen LogP contribution in [0.25, 0.3) is 11.3 Å². The van der Waals surface area contributed by atoms with Gasteiger partial charge in [-0.3, -0.25) is 0 Å². The normalized spacial score (nSPS) is 10.2. The molecule has 0 fully saturated rings. The highest BCUT2D eigenvalue weighted by atomic mass is 16.5. The summed E-state index contributed by atoms with van der Waals surface area (Å²) < 4.78 is 5.13. The summed E-state index contributed by atoms with van der Waals surface area (Å²) in [6.45, 7) is 1.72. The van der Waals surface area contributed by atoms with Crippen LogP contribution >= 0.6 is 0 Å². The largest absolute Gasteiger partial charge is 0.497 e. The van der Waals surface area contributed by atoms with E-state index in [1.807, 2.05) is 43.4 Å². The van der Waals surface area contributed by atoms with Crippen molar-refractivity contribution < 1.29 is 4.74 Å². The minimum Gasteiger partial charge on any atom is -0.497 e. The summed E-state index contributed by atoms with van der Waals surface area (Å²) in [6, 6.07) is 11.7. The van der Waals surface area contributed by atoms with E-state index >= 15 is 0 Å². The van der Waals surface area contributed by atoms with Crippen LogP contribution in [0.4, 0.5) is 5.82 Å². The Kier molecular flexibility index (Phi) is 4.69. The number of anilines is 1. The van der Waals surface area contributed by atoms with Crippen molar-refractivity contribution in [3.8, 4) is 17.0 Å². The van der Waals surface area contributed by atoms with Crippen molar-refractivity contribution in [3.05, 3.63) is 36.4 Å². The Balaban J connectivity index is 2.04. The van der Waals surface area contributed by atoms with Gasteiger partial charge in [0, 0.05) is 18.7 Å². The Morgan fingerprint density at radius 1 is 1.00 bits per heavy atom. The molecule has 19 heavy (non-hydrogen) atoms. The number of hydrogen-bond acceptors (Lipinski definition) is 5. The van der Waals surface area contributed by atoms with Gasteiger partial charge in [0.05, 0.1) is 12.8 Å². The molecule has 100 valence electrons. The number of hydrogen-bond donors (Lipinski definition) is 2. The summed E-state index contributed by atoms with van der Waals surface area (Å²) in [5.41, 5.74) is 1.87. The molecular formula is C14H18N4O. The third kappa shape index (κ3) is 3.66. The Labute approximate surface area is 113 Å². The lowest BCUT2D eigenvalue weighted by molar-refractivity contribution is 0.415. The lowest BCUT2D eigenvalue weighted by atomic mass is 10.1. The molecular weight excluding hydrogens is 240 g/mol. The summed E-state index contributed by atoms with van der Waals surface area (Å²) in [6.07, 6.45) is 0. The van der Waals surface area contributed by atoms with Gasteiger partial charge in [-0.2, -0.15) is 0 Å². The number of benzene rings is 1. The summed E-state index contributed by atoms with van der Waals surface area (Å²) in [7, 11) is 3.57. The third-order valence-electron chi connectivity index (χ3n) is 2.73. The predicted molar refractivity (Wildman–Crippen MR) is 76.4 cm³/mol. The van der Waals surface area contributed by atoms with E-state index in [2.05, 4.69) is 20.8 Å². The van der Waals surface area contributed by atoms with E-state index in [0.29, 0.717) is 0 Å². The number of rotatable bonds is 6. The third-order valence-corrected chi connectivity index (χ3v) is 2.73. The van der Waals surface area contributed by atoms with E-state index in [9.17, 15) is 0 Å². The molecule has 2 aromatic rings. The van der Waals surface area contributed by atoms with Crippen LogP contribution in [0.5, 0.6) is 5.75 Å². The second-order valence-corrected chi connectivity index (χ2v) is 4.06. The minimum atomic E-state index is 0.785. The van der Waals surface area contributed by atoms with Crippen molar-refractivity contribution in [1.82, 2.24) is 15.5 Å². The van der Waals surface area contributed by atoms with Gasteiger partial charge in [0.2, 0.25) is 0 Å². The lowest BCUT2D eigenvalue weighted by Crippen LogP contribution is -2.18. The molecule has 0 saturated carbocycles. The van der Waals surface area contributed by atoms with Crippen molar-refractivity contribution in [2.75, 3.05) is 32.6 Å². The van der Waals surface area contributed by atoms with Crippen LogP contribution in [0, 0.1) is 0 Å². The van der Waals surface area contributed by atoms with Gasteiger partial charge in [0.25, 0.3) is 0 Å². The fraction of sp³-hybridized carbons (Fsp3) is 0.286. The molecule has 0 unspecified atom stereocenters. The maximum Gasteiger partial charge on any atom is 0.148 e. The quantitative estimate of drug-likeness (QED) is 0.773. The standard InChI is InChI=1S/C14H18N4O/c1-15-9-10-16-14-8-7-13(17-18-14)11-3-5-12(19-2)6-4-11/h3-8,15H,9-10H2,1-2H3,(H,16,18). The highest BCUT2D eigenvalue weighted by molar-refractivity contribution is 5.60. The van der Waals surface area contributed by atoms with Crippen LogP contribution in [-0.4, -0.2) is 37.4 Å². The van der Waals surface area contributed by atoms with Crippen molar-refractivity contribution in [2.45, 2.75) is 0 Å². The maximum atomic E-state index is 5.13. The lowest BCUT2D eigenvalue weighted by Gasteiger charge is -2.06. The van der Waals surface area contributed by atoms with Crippen molar-refractivity contribution >= 4 is 5.82 Å². The van der Waals surface area contributed by atoms with E-state index in [0.717, 1.165) is 35.9 Å². The van der Waals surface area contributed by atoms with Gasteiger partial charge in [0.1, 0.15) is 11.6 Å². The van der Waals surface area contributed by atoms with Gasteiger partial charge in [-0.25, -0.2) is 0 Å². The molecule has 5 heteroatoms. The molecule has 0 aliphatic carbocycles. The number of methoxy groups -OCH3 is 1. The van der Waals surface area contributed by atoms with E-state index < -0.39 is 0 Å². The highest BCUT2D eigenvalue weighted by Crippen LogP contribution is 2.20. The van der Waals surface area contributed by atoms with E-state index in [1.165, 1.54) is 0 Å². The summed E-state index contributed by atoms with van der Waals surface area (Å²) in [5.74, 6) is 1.62. The van der Waals surface area contributed by atoms with E-state index in [-0.39, 0.29) is 0 Å². The summed E-state index contributed by atoms with van der Waals surface area (Å²) in [4.78, 5) is 0. The van der Waals surface area contributed by atoms with Crippen molar-refractivity contribution in [3.63, 3.8) is 0 Å². The summed E-state index contributed by atoms with van der Waals surface area (Å²) >= 11 is 0. The van der Waals surface area contributed by atoms with Crippen LogP contribution in [0.3, 0.4) is 0 Å². The molecule has 1 aromatic heterocycles. The molecule has 0 spiro atoms. The summed E-state index contributed by atoms with van der Waals surface area (Å²) in [5, 5.41) is 14.6. The van der Waals surface area contributed by atoms with Crippen molar-refractivity contribution in [2.24, 2.45) is 0 Å². The van der Waals surface area contributed by atoms with Crippen LogP contribution in [0.2, 0.25) is 0 Å². The first-order valence-corrected chi connectivity index (χ1v) is 6.20. The Morgan fingerprint density at radius 3 is 2.37 bits per heavy atom. The van der Waals surface area contributed by atoms with Crippen LogP contribution in [0.1, 0.15) is 0 Å². The number of ether oxygens (including phenoxy) is 1. The predicted octanol–water partition coefficient (Wildman–Crippen LogP) is 1.78. The Bertz CT molecular complexity index is 496. The smallest absolute Gasteiger partial charge is 0.148 e. The van der Waals surface area contributed by atoms with Gasteiger partial charge in [-0.05, 0) is 43.4 Å². The molecule has 0 aliphatic heterocycles. The van der Waals surface area contributed by atoms with Gasteiger partial charge in [-0.1, -0.05) is 0 Å². The number of nitrogens with one attached hydrogen (secondary N) is 2.